The second-order valence-corrected chi connectivity index (χ2v) is 19.8. The van der Waals surface area contributed by atoms with Gasteiger partial charge in [-0.25, -0.2) is 9.59 Å². The smallest absolute Gasteiger partial charge is 0.332 e. The maximum atomic E-state index is 12.1. The van der Waals surface area contributed by atoms with Gasteiger partial charge in [0.2, 0.25) is 0 Å². The standard InChI is InChI=1S/C20H40O6Si3/c1-19(2,20(3,4)27-25-28-26-29(5,6)7)13-15(17(21)22)16(18(23)24)14-11-9-8-10-12-14/h14H,8-13,27-28H2,1-7H3,(H,21,22)(H,23,24)/b16-15+. The van der Waals surface area contributed by atoms with Gasteiger partial charge in [0.25, 0.3) is 10.0 Å². The first-order valence-electron chi connectivity index (χ1n) is 10.6. The average molecular weight is 461 g/mol. The Kier molecular flexibility index (Phi) is 9.53. The third kappa shape index (κ3) is 8.12. The van der Waals surface area contributed by atoms with Crippen molar-refractivity contribution in [1.29, 1.82) is 0 Å². The predicted octanol–water partition coefficient (Wildman–Crippen LogP) is 3.60. The molecule has 0 bridgehead atoms. The predicted molar refractivity (Wildman–Crippen MR) is 124 cm³/mol. The van der Waals surface area contributed by atoms with Crippen LogP contribution in [0, 0.1) is 11.3 Å². The maximum absolute atomic E-state index is 12.1. The van der Waals surface area contributed by atoms with Gasteiger partial charge in [0, 0.05) is 5.57 Å². The molecule has 0 spiro atoms. The summed E-state index contributed by atoms with van der Waals surface area (Å²) in [7, 11) is -3.57. The molecular formula is C20H40O6Si3. The van der Waals surface area contributed by atoms with Crippen LogP contribution in [0.4, 0.5) is 0 Å². The van der Waals surface area contributed by atoms with E-state index in [1.165, 1.54) is 0 Å². The van der Waals surface area contributed by atoms with Crippen LogP contribution in [0.5, 0.6) is 0 Å². The molecular weight excluding hydrogens is 420 g/mol. The largest absolute Gasteiger partial charge is 0.478 e. The van der Waals surface area contributed by atoms with Gasteiger partial charge in [0.15, 0.2) is 18.1 Å². The lowest BCUT2D eigenvalue weighted by atomic mass is 9.72. The molecule has 1 aliphatic rings. The number of aliphatic carboxylic acids is 2. The number of carboxylic acids is 2. The minimum atomic E-state index is -1.58. The molecule has 0 aliphatic heterocycles. The fourth-order valence-electron chi connectivity index (χ4n) is 3.62. The van der Waals surface area contributed by atoms with Gasteiger partial charge >= 0.3 is 11.9 Å². The van der Waals surface area contributed by atoms with Gasteiger partial charge in [-0.3, -0.25) is 0 Å². The van der Waals surface area contributed by atoms with E-state index >= 15 is 0 Å². The first-order chi connectivity index (χ1) is 13.2. The molecule has 0 amide bonds. The van der Waals surface area contributed by atoms with Crippen molar-refractivity contribution in [2.75, 3.05) is 0 Å². The molecule has 1 rings (SSSR count). The van der Waals surface area contributed by atoms with Crippen LogP contribution >= 0.6 is 0 Å². The van der Waals surface area contributed by atoms with Gasteiger partial charge in [-0.15, -0.1) is 0 Å². The van der Waals surface area contributed by atoms with E-state index in [9.17, 15) is 19.8 Å². The van der Waals surface area contributed by atoms with Crippen LogP contribution in [0.1, 0.15) is 66.2 Å². The van der Waals surface area contributed by atoms with E-state index in [1.54, 1.807) is 0 Å². The molecule has 0 atom stereocenters. The monoisotopic (exact) mass is 460 g/mol. The number of hydrogen-bond acceptors (Lipinski definition) is 4. The molecule has 0 aromatic heterocycles. The summed E-state index contributed by atoms with van der Waals surface area (Å²) >= 11 is 0. The highest BCUT2D eigenvalue weighted by Gasteiger charge is 2.41. The summed E-state index contributed by atoms with van der Waals surface area (Å²) in [6.45, 7) is 14.7. The second kappa shape index (κ2) is 10.5. The summed E-state index contributed by atoms with van der Waals surface area (Å²) in [5, 5.41) is 19.6. The molecule has 6 nitrogen and oxygen atoms in total. The molecule has 0 unspecified atom stereocenters. The second-order valence-electron chi connectivity index (χ2n) is 10.5. The van der Waals surface area contributed by atoms with Gasteiger partial charge < -0.3 is 18.4 Å². The first kappa shape index (κ1) is 26.3. The van der Waals surface area contributed by atoms with Crippen molar-refractivity contribution in [3.63, 3.8) is 0 Å². The number of hydrogen-bond donors (Lipinski definition) is 2. The molecule has 0 radical (unpaired) electrons. The molecule has 0 aromatic rings. The Morgan fingerprint density at radius 3 is 2.00 bits per heavy atom. The van der Waals surface area contributed by atoms with Crippen LogP contribution in [0.3, 0.4) is 0 Å². The molecule has 0 heterocycles. The van der Waals surface area contributed by atoms with Gasteiger partial charge in [0.05, 0.1) is 5.57 Å². The van der Waals surface area contributed by atoms with E-state index in [0.29, 0.717) is 0 Å². The fraction of sp³-hybridized carbons (Fsp3) is 0.800. The van der Waals surface area contributed by atoms with Crippen molar-refractivity contribution in [2.24, 2.45) is 11.3 Å². The summed E-state index contributed by atoms with van der Waals surface area (Å²) in [6, 6.07) is 0. The zero-order valence-corrected chi connectivity index (χ0v) is 23.1. The summed E-state index contributed by atoms with van der Waals surface area (Å²) in [6.07, 6.45) is 4.79. The lowest BCUT2D eigenvalue weighted by Gasteiger charge is -2.42. The van der Waals surface area contributed by atoms with Crippen LogP contribution in [-0.2, 0) is 17.8 Å². The Balaban J connectivity index is 3.04. The van der Waals surface area contributed by atoms with E-state index < -0.39 is 45.4 Å². The number of carboxylic acid groups (broad SMARTS) is 2. The summed E-state index contributed by atoms with van der Waals surface area (Å²) in [5.41, 5.74) is -0.192. The average Bonchev–Trinajstić information content (AvgIpc) is 2.57. The van der Waals surface area contributed by atoms with Crippen LogP contribution in [0.25, 0.3) is 0 Å². The van der Waals surface area contributed by atoms with Gasteiger partial charge in [-0.05, 0) is 55.3 Å². The van der Waals surface area contributed by atoms with Crippen molar-refractivity contribution >= 4 is 40.0 Å². The molecule has 1 fully saturated rings. The van der Waals surface area contributed by atoms with Crippen molar-refractivity contribution in [3.05, 3.63) is 11.1 Å². The maximum Gasteiger partial charge on any atom is 0.332 e. The van der Waals surface area contributed by atoms with Crippen molar-refractivity contribution in [2.45, 2.75) is 90.9 Å². The molecule has 0 aromatic carbocycles. The van der Waals surface area contributed by atoms with Crippen molar-refractivity contribution in [1.82, 2.24) is 0 Å². The van der Waals surface area contributed by atoms with E-state index in [1.807, 2.05) is 13.8 Å². The zero-order valence-electron chi connectivity index (χ0n) is 19.3. The van der Waals surface area contributed by atoms with Crippen molar-refractivity contribution < 1.29 is 28.0 Å². The van der Waals surface area contributed by atoms with E-state index in [4.69, 9.17) is 8.23 Å². The highest BCUT2D eigenvalue weighted by molar-refractivity contribution is 6.73. The molecule has 9 heteroatoms. The van der Waals surface area contributed by atoms with Crippen molar-refractivity contribution in [3.8, 4) is 0 Å². The summed E-state index contributed by atoms with van der Waals surface area (Å²) in [5.74, 6) is -2.33. The van der Waals surface area contributed by atoms with Gasteiger partial charge in [-0.2, -0.15) is 0 Å². The summed E-state index contributed by atoms with van der Waals surface area (Å²) in [4.78, 5) is 24.2. The quantitative estimate of drug-likeness (QED) is 0.278. The molecule has 2 N–H and O–H groups in total. The Morgan fingerprint density at radius 2 is 1.55 bits per heavy atom. The van der Waals surface area contributed by atoms with E-state index in [2.05, 4.69) is 33.5 Å². The highest BCUT2D eigenvalue weighted by Crippen LogP contribution is 2.49. The van der Waals surface area contributed by atoms with Gasteiger partial charge in [-0.1, -0.05) is 47.0 Å². The van der Waals surface area contributed by atoms with E-state index in [0.717, 1.165) is 32.1 Å². The zero-order chi connectivity index (χ0) is 22.5. The highest BCUT2D eigenvalue weighted by atomic mass is 28.4. The topological polar surface area (TPSA) is 93.1 Å². The number of carbonyl (C=O) groups is 2. The Labute approximate surface area is 181 Å². The third-order valence-electron chi connectivity index (χ3n) is 6.32. The Morgan fingerprint density at radius 1 is 1.00 bits per heavy atom. The summed E-state index contributed by atoms with van der Waals surface area (Å²) < 4.78 is 12.0. The first-order valence-corrected chi connectivity index (χ1v) is 16.4. The minimum absolute atomic E-state index is 0.0760. The third-order valence-corrected chi connectivity index (χ3v) is 13.4. The normalized spacial score (nSPS) is 18.6. The molecule has 1 saturated carbocycles. The van der Waals surface area contributed by atoms with Crippen LogP contribution in [-0.4, -0.2) is 50.2 Å². The Bertz CT molecular complexity index is 616. The lowest BCUT2D eigenvalue weighted by molar-refractivity contribution is -0.136. The van der Waals surface area contributed by atoms with Crippen LogP contribution in [0.15, 0.2) is 11.1 Å². The minimum Gasteiger partial charge on any atom is -0.478 e. The molecule has 168 valence electrons. The number of rotatable bonds is 11. The lowest BCUT2D eigenvalue weighted by Crippen LogP contribution is -2.37. The van der Waals surface area contributed by atoms with Crippen LogP contribution in [0.2, 0.25) is 24.7 Å². The fourth-order valence-corrected chi connectivity index (χ4v) is 9.01. The van der Waals surface area contributed by atoms with Gasteiger partial charge in [0.1, 0.15) is 0 Å². The molecule has 29 heavy (non-hydrogen) atoms. The Hall–Kier alpha value is -0.749. The SMILES string of the molecule is CC(C)(C/C(C(=O)O)=C(\C(=O)O)C1CCCCC1)C(C)(C)[SiH2]O[SiH2]O[Si](C)(C)C. The van der Waals surface area contributed by atoms with E-state index in [-0.39, 0.29) is 28.5 Å². The van der Waals surface area contributed by atoms with Crippen LogP contribution < -0.4 is 0 Å². The molecule has 1 aliphatic carbocycles. The molecule has 0 saturated heterocycles.